The SMILES string of the molecule is NC(CCc1ccncc1)C1CCOC2(CCOCC2)C1. The third kappa shape index (κ3) is 3.82. The van der Waals surface area contributed by atoms with E-state index in [9.17, 15) is 0 Å². The van der Waals surface area contributed by atoms with E-state index in [1.54, 1.807) is 0 Å². The fourth-order valence-corrected chi connectivity index (χ4v) is 3.64. The Morgan fingerprint density at radius 2 is 2.00 bits per heavy atom. The first-order valence-electron chi connectivity index (χ1n) is 8.14. The van der Waals surface area contributed by atoms with Gasteiger partial charge in [-0.05, 0) is 62.1 Å². The van der Waals surface area contributed by atoms with Crippen molar-refractivity contribution in [2.75, 3.05) is 19.8 Å². The van der Waals surface area contributed by atoms with Gasteiger partial charge in [-0.25, -0.2) is 0 Å². The van der Waals surface area contributed by atoms with Crippen LogP contribution in [0.1, 0.15) is 37.7 Å². The summed E-state index contributed by atoms with van der Waals surface area (Å²) in [6.45, 7) is 2.52. The highest BCUT2D eigenvalue weighted by Crippen LogP contribution is 2.38. The summed E-state index contributed by atoms with van der Waals surface area (Å²) in [7, 11) is 0. The van der Waals surface area contributed by atoms with Crippen LogP contribution in [0.4, 0.5) is 0 Å². The van der Waals surface area contributed by atoms with Gasteiger partial charge >= 0.3 is 0 Å². The second kappa shape index (κ2) is 6.86. The Hall–Kier alpha value is -0.970. The number of hydrogen-bond donors (Lipinski definition) is 1. The molecule has 3 rings (SSSR count). The van der Waals surface area contributed by atoms with E-state index in [-0.39, 0.29) is 11.6 Å². The van der Waals surface area contributed by atoms with Crippen molar-refractivity contribution in [3.05, 3.63) is 30.1 Å². The number of aryl methyl sites for hydroxylation is 1. The van der Waals surface area contributed by atoms with Crippen molar-refractivity contribution in [3.63, 3.8) is 0 Å². The lowest BCUT2D eigenvalue weighted by atomic mass is 9.77. The highest BCUT2D eigenvalue weighted by Gasteiger charge is 2.40. The summed E-state index contributed by atoms with van der Waals surface area (Å²) in [4.78, 5) is 4.06. The Kier molecular flexibility index (Phi) is 4.88. The van der Waals surface area contributed by atoms with Gasteiger partial charge in [0.05, 0.1) is 5.60 Å². The van der Waals surface area contributed by atoms with Crippen LogP contribution >= 0.6 is 0 Å². The number of ether oxygens (including phenoxy) is 2. The van der Waals surface area contributed by atoms with Crippen molar-refractivity contribution in [3.8, 4) is 0 Å². The smallest absolute Gasteiger partial charge is 0.0729 e. The third-order valence-electron chi connectivity index (χ3n) is 5.06. The van der Waals surface area contributed by atoms with Crippen molar-refractivity contribution in [2.45, 2.75) is 50.2 Å². The van der Waals surface area contributed by atoms with E-state index in [2.05, 4.69) is 17.1 Å². The number of aromatic nitrogens is 1. The molecule has 0 aliphatic carbocycles. The molecule has 0 saturated carbocycles. The van der Waals surface area contributed by atoms with Crippen molar-refractivity contribution < 1.29 is 9.47 Å². The topological polar surface area (TPSA) is 57.4 Å². The molecule has 0 amide bonds. The maximum absolute atomic E-state index is 6.48. The molecular weight excluding hydrogens is 264 g/mol. The molecule has 1 spiro atoms. The number of pyridine rings is 1. The number of nitrogens with two attached hydrogens (primary N) is 1. The number of rotatable bonds is 4. The van der Waals surface area contributed by atoms with E-state index in [1.807, 2.05) is 12.4 Å². The predicted molar refractivity (Wildman–Crippen MR) is 82.0 cm³/mol. The molecule has 2 saturated heterocycles. The second-order valence-corrected chi connectivity index (χ2v) is 6.45. The van der Waals surface area contributed by atoms with Gasteiger partial charge < -0.3 is 15.2 Å². The van der Waals surface area contributed by atoms with Gasteiger partial charge in [-0.15, -0.1) is 0 Å². The van der Waals surface area contributed by atoms with Crippen LogP contribution in [-0.4, -0.2) is 36.4 Å². The lowest BCUT2D eigenvalue weighted by Crippen LogP contribution is -2.48. The Morgan fingerprint density at radius 3 is 2.76 bits per heavy atom. The van der Waals surface area contributed by atoms with Crippen LogP contribution in [0, 0.1) is 5.92 Å². The molecule has 2 N–H and O–H groups in total. The molecule has 4 heteroatoms. The minimum Gasteiger partial charge on any atom is -0.381 e. The zero-order chi connectivity index (χ0) is 14.5. The van der Waals surface area contributed by atoms with Gasteiger partial charge in [0.15, 0.2) is 0 Å². The van der Waals surface area contributed by atoms with Crippen LogP contribution in [0.2, 0.25) is 0 Å². The van der Waals surface area contributed by atoms with Crippen molar-refractivity contribution in [1.29, 1.82) is 0 Å². The molecule has 1 aromatic heterocycles. The van der Waals surface area contributed by atoms with Crippen LogP contribution in [0.15, 0.2) is 24.5 Å². The molecule has 2 unspecified atom stereocenters. The molecule has 21 heavy (non-hydrogen) atoms. The summed E-state index contributed by atoms with van der Waals surface area (Å²) in [6, 6.07) is 4.43. The summed E-state index contributed by atoms with van der Waals surface area (Å²) in [5.74, 6) is 0.582. The summed E-state index contributed by atoms with van der Waals surface area (Å²) in [6.07, 6.45) is 10.0. The van der Waals surface area contributed by atoms with Gasteiger partial charge in [0, 0.05) is 38.3 Å². The summed E-state index contributed by atoms with van der Waals surface area (Å²) in [5, 5.41) is 0. The van der Waals surface area contributed by atoms with Crippen molar-refractivity contribution in [1.82, 2.24) is 4.98 Å². The average molecular weight is 290 g/mol. The van der Waals surface area contributed by atoms with Crippen LogP contribution in [0.25, 0.3) is 0 Å². The van der Waals surface area contributed by atoms with Crippen LogP contribution in [-0.2, 0) is 15.9 Å². The first-order chi connectivity index (χ1) is 10.3. The monoisotopic (exact) mass is 290 g/mol. The molecule has 2 fully saturated rings. The zero-order valence-electron chi connectivity index (χ0n) is 12.7. The molecule has 2 aliphatic rings. The molecular formula is C17H26N2O2. The summed E-state index contributed by atoms with van der Waals surface area (Å²) >= 11 is 0. The first-order valence-corrected chi connectivity index (χ1v) is 8.14. The van der Waals surface area contributed by atoms with E-state index in [0.29, 0.717) is 5.92 Å². The quantitative estimate of drug-likeness (QED) is 0.924. The van der Waals surface area contributed by atoms with E-state index >= 15 is 0 Å². The van der Waals surface area contributed by atoms with Crippen LogP contribution < -0.4 is 5.73 Å². The Balaban J connectivity index is 1.53. The van der Waals surface area contributed by atoms with E-state index in [1.165, 1.54) is 5.56 Å². The minimum atomic E-state index is 0.0510. The van der Waals surface area contributed by atoms with E-state index in [0.717, 1.165) is 58.3 Å². The number of nitrogens with zero attached hydrogens (tertiary/aromatic N) is 1. The van der Waals surface area contributed by atoms with Crippen LogP contribution in [0.5, 0.6) is 0 Å². The zero-order valence-corrected chi connectivity index (χ0v) is 12.7. The second-order valence-electron chi connectivity index (χ2n) is 6.45. The first kappa shape index (κ1) is 14.9. The molecule has 2 aliphatic heterocycles. The molecule has 2 atom stereocenters. The van der Waals surface area contributed by atoms with Gasteiger partial charge in [-0.3, -0.25) is 4.98 Å². The van der Waals surface area contributed by atoms with Gasteiger partial charge in [0.2, 0.25) is 0 Å². The lowest BCUT2D eigenvalue weighted by Gasteiger charge is -2.44. The molecule has 116 valence electrons. The Bertz CT molecular complexity index is 426. The summed E-state index contributed by atoms with van der Waals surface area (Å²) in [5.41, 5.74) is 7.86. The largest absolute Gasteiger partial charge is 0.381 e. The maximum atomic E-state index is 6.48. The average Bonchev–Trinajstić information content (AvgIpc) is 2.54. The number of hydrogen-bond acceptors (Lipinski definition) is 4. The fourth-order valence-electron chi connectivity index (χ4n) is 3.64. The van der Waals surface area contributed by atoms with E-state index in [4.69, 9.17) is 15.2 Å². The van der Waals surface area contributed by atoms with Gasteiger partial charge in [0.1, 0.15) is 0 Å². The highest BCUT2D eigenvalue weighted by molar-refractivity contribution is 5.10. The predicted octanol–water partition coefficient (Wildman–Crippen LogP) is 2.32. The van der Waals surface area contributed by atoms with Gasteiger partial charge in [0.25, 0.3) is 0 Å². The summed E-state index contributed by atoms with van der Waals surface area (Å²) < 4.78 is 11.6. The maximum Gasteiger partial charge on any atom is 0.0729 e. The minimum absolute atomic E-state index is 0.0510. The normalized spacial score (nSPS) is 26.6. The van der Waals surface area contributed by atoms with Crippen molar-refractivity contribution >= 4 is 0 Å². The molecule has 0 radical (unpaired) electrons. The molecule has 0 aromatic carbocycles. The lowest BCUT2D eigenvalue weighted by molar-refractivity contribution is -0.149. The van der Waals surface area contributed by atoms with Crippen LogP contribution in [0.3, 0.4) is 0 Å². The molecule has 4 nitrogen and oxygen atoms in total. The standard InChI is InChI=1S/C17H26N2O2/c18-16(2-1-14-3-8-19-9-4-14)15-5-10-21-17(13-15)6-11-20-12-7-17/h3-4,8-9,15-16H,1-2,5-7,10-13,18H2. The molecule has 0 bridgehead atoms. The van der Waals surface area contributed by atoms with Crippen molar-refractivity contribution in [2.24, 2.45) is 11.7 Å². The van der Waals surface area contributed by atoms with E-state index < -0.39 is 0 Å². The third-order valence-corrected chi connectivity index (χ3v) is 5.06. The highest BCUT2D eigenvalue weighted by atomic mass is 16.5. The Labute approximate surface area is 127 Å². The Morgan fingerprint density at radius 1 is 1.24 bits per heavy atom. The van der Waals surface area contributed by atoms with Gasteiger partial charge in [-0.1, -0.05) is 0 Å². The van der Waals surface area contributed by atoms with Gasteiger partial charge in [-0.2, -0.15) is 0 Å². The fraction of sp³-hybridized carbons (Fsp3) is 0.706. The molecule has 3 heterocycles. The molecule has 1 aromatic rings.